The van der Waals surface area contributed by atoms with Gasteiger partial charge in [0.25, 0.3) is 0 Å². The second kappa shape index (κ2) is 14.4. The van der Waals surface area contributed by atoms with Gasteiger partial charge in [0.05, 0.1) is 11.7 Å². The zero-order valence-electron chi connectivity index (χ0n) is 18.0. The normalized spacial score (nSPS) is 18.2. The van der Waals surface area contributed by atoms with E-state index in [-0.39, 0.29) is 0 Å². The number of hydrogen-bond donors (Lipinski definition) is 2. The first-order valence-electron chi connectivity index (χ1n) is 11.6. The molecule has 0 bridgehead atoms. The van der Waals surface area contributed by atoms with Crippen molar-refractivity contribution in [3.05, 3.63) is 25.3 Å². The van der Waals surface area contributed by atoms with Crippen molar-refractivity contribution in [1.29, 1.82) is 0 Å². The smallest absolute Gasteiger partial charge is 0.0740 e. The Hall–Kier alpha value is -0.600. The van der Waals surface area contributed by atoms with Crippen LogP contribution in [0.2, 0.25) is 0 Å². The molecule has 2 heteroatoms. The maximum Gasteiger partial charge on any atom is 0.0740 e. The average molecular weight is 379 g/mol. The molecule has 0 amide bonds. The van der Waals surface area contributed by atoms with Gasteiger partial charge in [0.1, 0.15) is 0 Å². The maximum absolute atomic E-state index is 10.5. The van der Waals surface area contributed by atoms with Crippen LogP contribution < -0.4 is 0 Å². The molecule has 1 saturated carbocycles. The van der Waals surface area contributed by atoms with Gasteiger partial charge in [-0.05, 0) is 31.1 Å². The van der Waals surface area contributed by atoms with E-state index < -0.39 is 11.7 Å². The van der Waals surface area contributed by atoms with Crippen molar-refractivity contribution in [3.8, 4) is 0 Å². The van der Waals surface area contributed by atoms with Gasteiger partial charge < -0.3 is 10.2 Å². The quantitative estimate of drug-likeness (QED) is 0.225. The molecule has 0 aromatic carbocycles. The minimum absolute atomic E-state index is 0.421. The van der Waals surface area contributed by atoms with Crippen LogP contribution in [0.4, 0.5) is 0 Å². The molecule has 0 aliphatic heterocycles. The standard InChI is InChI=1S/C25H46O2/c1-4-19-25(27,20-5-2)21-24(26)18-14-9-7-6-8-11-15-22(3)23-16-12-10-13-17-23/h4-5,22-24,26-27H,1-2,6-21H2,3H3. The molecule has 2 atom stereocenters. The van der Waals surface area contributed by atoms with Crippen LogP contribution >= 0.6 is 0 Å². The van der Waals surface area contributed by atoms with Gasteiger partial charge in [-0.25, -0.2) is 0 Å². The topological polar surface area (TPSA) is 40.5 Å². The van der Waals surface area contributed by atoms with E-state index >= 15 is 0 Å². The Kier molecular flexibility index (Phi) is 13.0. The number of rotatable bonds is 16. The molecule has 2 nitrogen and oxygen atoms in total. The Morgan fingerprint density at radius 2 is 1.41 bits per heavy atom. The summed E-state index contributed by atoms with van der Waals surface area (Å²) in [5.74, 6) is 1.92. The summed E-state index contributed by atoms with van der Waals surface area (Å²) in [4.78, 5) is 0. The predicted octanol–water partition coefficient (Wildman–Crippen LogP) is 6.96. The molecule has 158 valence electrons. The van der Waals surface area contributed by atoms with E-state index in [1.807, 2.05) is 0 Å². The molecular formula is C25H46O2. The molecule has 2 unspecified atom stereocenters. The first-order chi connectivity index (χ1) is 13.0. The highest BCUT2D eigenvalue weighted by Gasteiger charge is 2.27. The minimum Gasteiger partial charge on any atom is -0.393 e. The molecule has 27 heavy (non-hydrogen) atoms. The van der Waals surface area contributed by atoms with Gasteiger partial charge in [-0.1, -0.05) is 96.1 Å². The van der Waals surface area contributed by atoms with Crippen molar-refractivity contribution < 1.29 is 10.2 Å². The highest BCUT2D eigenvalue weighted by molar-refractivity contribution is 4.93. The number of aliphatic hydroxyl groups excluding tert-OH is 1. The fourth-order valence-electron chi connectivity index (χ4n) is 4.82. The number of hydrogen-bond acceptors (Lipinski definition) is 2. The molecule has 0 radical (unpaired) electrons. The van der Waals surface area contributed by atoms with E-state index in [2.05, 4.69) is 20.1 Å². The lowest BCUT2D eigenvalue weighted by molar-refractivity contribution is -0.00899. The van der Waals surface area contributed by atoms with Crippen LogP contribution in [-0.2, 0) is 0 Å². The Morgan fingerprint density at radius 3 is 1.96 bits per heavy atom. The Bertz CT molecular complexity index is 374. The van der Waals surface area contributed by atoms with Gasteiger partial charge in [-0.2, -0.15) is 0 Å². The molecule has 2 N–H and O–H groups in total. The van der Waals surface area contributed by atoms with Crippen LogP contribution in [0.5, 0.6) is 0 Å². The average Bonchev–Trinajstić information content (AvgIpc) is 2.64. The molecule has 0 spiro atoms. The molecule has 0 aromatic rings. The molecule has 1 aliphatic carbocycles. The molecule has 0 heterocycles. The summed E-state index contributed by atoms with van der Waals surface area (Å²) in [6.07, 6.45) is 21.6. The lowest BCUT2D eigenvalue weighted by Gasteiger charge is -2.28. The number of aliphatic hydroxyl groups is 2. The van der Waals surface area contributed by atoms with Crippen LogP contribution in [0, 0.1) is 11.8 Å². The van der Waals surface area contributed by atoms with Gasteiger partial charge in [-0.3, -0.25) is 0 Å². The minimum atomic E-state index is -0.877. The van der Waals surface area contributed by atoms with Gasteiger partial charge in [0.2, 0.25) is 0 Å². The summed E-state index contributed by atoms with van der Waals surface area (Å²) in [6, 6.07) is 0. The predicted molar refractivity (Wildman–Crippen MR) is 118 cm³/mol. The fourth-order valence-corrected chi connectivity index (χ4v) is 4.82. The van der Waals surface area contributed by atoms with E-state index in [9.17, 15) is 10.2 Å². The Morgan fingerprint density at radius 1 is 0.889 bits per heavy atom. The van der Waals surface area contributed by atoms with Crippen LogP contribution in [-0.4, -0.2) is 21.9 Å². The van der Waals surface area contributed by atoms with Gasteiger partial charge in [0.15, 0.2) is 0 Å². The van der Waals surface area contributed by atoms with E-state index in [0.717, 1.165) is 24.7 Å². The van der Waals surface area contributed by atoms with Crippen molar-refractivity contribution in [1.82, 2.24) is 0 Å². The summed E-state index contributed by atoms with van der Waals surface area (Å²) < 4.78 is 0. The van der Waals surface area contributed by atoms with Crippen LogP contribution in [0.15, 0.2) is 25.3 Å². The maximum atomic E-state index is 10.5. The summed E-state index contributed by atoms with van der Waals surface area (Å²) in [6.45, 7) is 9.88. The molecule has 0 aromatic heterocycles. The van der Waals surface area contributed by atoms with Crippen molar-refractivity contribution in [2.24, 2.45) is 11.8 Å². The lowest BCUT2D eigenvalue weighted by Crippen LogP contribution is -2.32. The molecule has 1 rings (SSSR count). The summed E-state index contributed by atoms with van der Waals surface area (Å²) in [7, 11) is 0. The number of unbranched alkanes of at least 4 members (excludes halogenated alkanes) is 5. The molecule has 0 saturated heterocycles. The first kappa shape index (κ1) is 24.4. The summed E-state index contributed by atoms with van der Waals surface area (Å²) in [5, 5.41) is 20.8. The zero-order valence-corrected chi connectivity index (χ0v) is 18.0. The summed E-state index contributed by atoms with van der Waals surface area (Å²) >= 11 is 0. The third kappa shape index (κ3) is 11.1. The third-order valence-corrected chi connectivity index (χ3v) is 6.57. The van der Waals surface area contributed by atoms with Crippen LogP contribution in [0.25, 0.3) is 0 Å². The zero-order chi connectivity index (χ0) is 20.0. The fraction of sp³-hybridized carbons (Fsp3) is 0.840. The van der Waals surface area contributed by atoms with E-state index in [1.54, 1.807) is 12.2 Å². The molecule has 1 fully saturated rings. The SMILES string of the molecule is C=CCC(O)(CC=C)CC(O)CCCCCCCCC(C)C1CCCCC1. The van der Waals surface area contributed by atoms with Gasteiger partial charge in [-0.15, -0.1) is 13.2 Å². The third-order valence-electron chi connectivity index (χ3n) is 6.57. The second-order valence-corrected chi connectivity index (χ2v) is 9.14. The van der Waals surface area contributed by atoms with Crippen LogP contribution in [0.1, 0.15) is 110 Å². The van der Waals surface area contributed by atoms with Crippen molar-refractivity contribution in [3.63, 3.8) is 0 Å². The summed E-state index contributed by atoms with van der Waals surface area (Å²) in [5.41, 5.74) is -0.877. The first-order valence-corrected chi connectivity index (χ1v) is 11.6. The van der Waals surface area contributed by atoms with Gasteiger partial charge >= 0.3 is 0 Å². The van der Waals surface area contributed by atoms with Crippen LogP contribution in [0.3, 0.4) is 0 Å². The van der Waals surface area contributed by atoms with E-state index in [1.165, 1.54) is 70.6 Å². The Balaban J connectivity index is 2.01. The Labute approximate surface area is 169 Å². The van der Waals surface area contributed by atoms with Gasteiger partial charge in [0, 0.05) is 6.42 Å². The highest BCUT2D eigenvalue weighted by Crippen LogP contribution is 2.32. The molecular weight excluding hydrogens is 332 g/mol. The van der Waals surface area contributed by atoms with E-state index in [0.29, 0.717) is 19.3 Å². The monoisotopic (exact) mass is 378 g/mol. The second-order valence-electron chi connectivity index (χ2n) is 9.14. The largest absolute Gasteiger partial charge is 0.393 e. The van der Waals surface area contributed by atoms with Crippen molar-refractivity contribution in [2.45, 2.75) is 121 Å². The molecule has 1 aliphatic rings. The van der Waals surface area contributed by atoms with Crippen molar-refractivity contribution >= 4 is 0 Å². The van der Waals surface area contributed by atoms with E-state index in [4.69, 9.17) is 0 Å². The lowest BCUT2D eigenvalue weighted by atomic mass is 9.79. The highest BCUT2D eigenvalue weighted by atomic mass is 16.3. The van der Waals surface area contributed by atoms with Crippen molar-refractivity contribution in [2.75, 3.05) is 0 Å².